The minimum Gasteiger partial charge on any atom is -0.505 e. The van der Waals surface area contributed by atoms with E-state index in [0.29, 0.717) is 12.1 Å². The number of hydrogen-bond acceptors (Lipinski definition) is 5. The van der Waals surface area contributed by atoms with Crippen LogP contribution in [0.15, 0.2) is 79.5 Å². The number of ether oxygens (including phenoxy) is 1. The zero-order valence-corrected chi connectivity index (χ0v) is 17.7. The molecule has 2 heterocycles. The van der Waals surface area contributed by atoms with Crippen LogP contribution in [0, 0.1) is 13.8 Å². The second-order valence-electron chi connectivity index (χ2n) is 7.50. The Morgan fingerprint density at radius 3 is 2.74 bits per heavy atom. The first-order chi connectivity index (χ1) is 15.0. The predicted octanol–water partition coefficient (Wildman–Crippen LogP) is 5.72. The van der Waals surface area contributed by atoms with E-state index >= 15 is 0 Å². The number of aryl methyl sites for hydroxylation is 2. The molecule has 0 saturated heterocycles. The summed E-state index contributed by atoms with van der Waals surface area (Å²) in [6, 6.07) is 19.2. The maximum Gasteiger partial charge on any atom is 0.147 e. The second kappa shape index (κ2) is 8.88. The average Bonchev–Trinajstić information content (AvgIpc) is 2.77. The molecule has 156 valence electrons. The van der Waals surface area contributed by atoms with Crippen molar-refractivity contribution < 1.29 is 9.84 Å². The smallest absolute Gasteiger partial charge is 0.147 e. The van der Waals surface area contributed by atoms with Crippen molar-refractivity contribution in [1.82, 2.24) is 9.97 Å². The summed E-state index contributed by atoms with van der Waals surface area (Å²) in [5.41, 5.74) is 4.19. The van der Waals surface area contributed by atoms with Crippen LogP contribution in [0.25, 0.3) is 10.9 Å². The topological polar surface area (TPSA) is 67.3 Å². The standard InChI is InChI=1S/C26H25N3O2/c1-4-14-31-21-7-5-6-20(16-21)24(29-23-15-17(2)12-13-27-23)22-11-10-19-9-8-18(3)28-25(19)26(22)30/h4-13,15-16,24,30H,1,14H2,2-3H3,(H,27,29)/t24-/m0/s1. The third kappa shape index (κ3) is 4.51. The largest absolute Gasteiger partial charge is 0.505 e. The molecule has 2 aromatic carbocycles. The summed E-state index contributed by atoms with van der Waals surface area (Å²) in [6.07, 6.45) is 3.48. The molecule has 31 heavy (non-hydrogen) atoms. The summed E-state index contributed by atoms with van der Waals surface area (Å²) >= 11 is 0. The molecule has 0 spiro atoms. The van der Waals surface area contributed by atoms with Gasteiger partial charge >= 0.3 is 0 Å². The molecular weight excluding hydrogens is 386 g/mol. The second-order valence-corrected chi connectivity index (χ2v) is 7.50. The van der Waals surface area contributed by atoms with E-state index in [0.717, 1.165) is 39.3 Å². The molecule has 0 aliphatic heterocycles. The first-order valence-electron chi connectivity index (χ1n) is 10.2. The van der Waals surface area contributed by atoms with E-state index in [9.17, 15) is 5.11 Å². The lowest BCUT2D eigenvalue weighted by Gasteiger charge is -2.23. The molecule has 5 nitrogen and oxygen atoms in total. The van der Waals surface area contributed by atoms with E-state index in [1.54, 1.807) is 12.3 Å². The maximum absolute atomic E-state index is 11.2. The molecule has 5 heteroatoms. The molecule has 0 aliphatic rings. The van der Waals surface area contributed by atoms with Crippen LogP contribution in [0.4, 0.5) is 5.82 Å². The number of nitrogens with one attached hydrogen (secondary N) is 1. The zero-order chi connectivity index (χ0) is 21.8. The van der Waals surface area contributed by atoms with Crippen LogP contribution in [-0.4, -0.2) is 21.7 Å². The van der Waals surface area contributed by atoms with Gasteiger partial charge in [-0.15, -0.1) is 0 Å². The summed E-state index contributed by atoms with van der Waals surface area (Å²) in [6.45, 7) is 8.06. The Kier molecular flexibility index (Phi) is 5.85. The lowest BCUT2D eigenvalue weighted by atomic mass is 9.96. The highest BCUT2D eigenvalue weighted by atomic mass is 16.5. The lowest BCUT2D eigenvalue weighted by molar-refractivity contribution is 0.362. The molecule has 1 atom stereocenters. The molecule has 4 rings (SSSR count). The van der Waals surface area contributed by atoms with Crippen molar-refractivity contribution in [3.63, 3.8) is 0 Å². The molecule has 0 aliphatic carbocycles. The number of phenols is 1. The summed E-state index contributed by atoms with van der Waals surface area (Å²) in [5.74, 6) is 1.61. The number of aromatic hydroxyl groups is 1. The van der Waals surface area contributed by atoms with Crippen molar-refractivity contribution in [2.75, 3.05) is 11.9 Å². The monoisotopic (exact) mass is 411 g/mol. The Morgan fingerprint density at radius 2 is 1.94 bits per heavy atom. The highest BCUT2D eigenvalue weighted by molar-refractivity contribution is 5.86. The molecule has 0 radical (unpaired) electrons. The Hall–Kier alpha value is -3.86. The number of fused-ring (bicyclic) bond motifs is 1. The third-order valence-corrected chi connectivity index (χ3v) is 5.08. The number of nitrogens with zero attached hydrogens (tertiary/aromatic N) is 2. The normalized spacial score (nSPS) is 11.8. The highest BCUT2D eigenvalue weighted by Gasteiger charge is 2.21. The SMILES string of the molecule is C=CCOc1cccc([C@H](Nc2cc(C)ccn2)c2ccc3ccc(C)nc3c2O)c1. The predicted molar refractivity (Wildman–Crippen MR) is 125 cm³/mol. The molecule has 0 unspecified atom stereocenters. The third-order valence-electron chi connectivity index (χ3n) is 5.08. The van der Waals surface area contributed by atoms with Gasteiger partial charge in [-0.05, 0) is 55.3 Å². The van der Waals surface area contributed by atoms with Gasteiger partial charge in [-0.2, -0.15) is 0 Å². The molecule has 0 amide bonds. The fourth-order valence-electron chi connectivity index (χ4n) is 3.56. The maximum atomic E-state index is 11.2. The zero-order valence-electron chi connectivity index (χ0n) is 17.7. The van der Waals surface area contributed by atoms with Gasteiger partial charge in [-0.25, -0.2) is 9.97 Å². The molecule has 4 aromatic rings. The fraction of sp³-hybridized carbons (Fsp3) is 0.154. The van der Waals surface area contributed by atoms with E-state index < -0.39 is 0 Å². The summed E-state index contributed by atoms with van der Waals surface area (Å²) in [5, 5.41) is 15.6. The van der Waals surface area contributed by atoms with Crippen molar-refractivity contribution >= 4 is 16.7 Å². The minimum absolute atomic E-state index is 0.156. The summed E-state index contributed by atoms with van der Waals surface area (Å²) in [4.78, 5) is 9.02. The lowest BCUT2D eigenvalue weighted by Crippen LogP contribution is -2.14. The fourth-order valence-corrected chi connectivity index (χ4v) is 3.56. The van der Waals surface area contributed by atoms with Crippen molar-refractivity contribution in [2.24, 2.45) is 0 Å². The Bertz CT molecular complexity index is 1240. The van der Waals surface area contributed by atoms with Crippen LogP contribution in [0.5, 0.6) is 11.5 Å². The number of phenolic OH excluding ortho intramolecular Hbond substituents is 1. The Morgan fingerprint density at radius 1 is 1.10 bits per heavy atom. The minimum atomic E-state index is -0.353. The van der Waals surface area contributed by atoms with Crippen LogP contribution in [0.1, 0.15) is 28.4 Å². The van der Waals surface area contributed by atoms with Crippen molar-refractivity contribution in [2.45, 2.75) is 19.9 Å². The number of aromatic nitrogens is 2. The molecule has 2 N–H and O–H groups in total. The molecule has 0 saturated carbocycles. The highest BCUT2D eigenvalue weighted by Crippen LogP contribution is 2.37. The number of rotatable bonds is 7. The number of anilines is 1. The van der Waals surface area contributed by atoms with Gasteiger partial charge in [-0.3, -0.25) is 0 Å². The van der Waals surface area contributed by atoms with Gasteiger partial charge in [0, 0.05) is 22.8 Å². The number of benzene rings is 2. The first-order valence-corrected chi connectivity index (χ1v) is 10.2. The first kappa shape index (κ1) is 20.4. The van der Waals surface area contributed by atoms with E-state index in [2.05, 4.69) is 21.9 Å². The number of hydrogen-bond donors (Lipinski definition) is 2. The van der Waals surface area contributed by atoms with Gasteiger partial charge in [0.1, 0.15) is 29.4 Å². The average molecular weight is 412 g/mol. The van der Waals surface area contributed by atoms with Crippen molar-refractivity contribution in [3.8, 4) is 11.5 Å². The van der Waals surface area contributed by atoms with Crippen LogP contribution < -0.4 is 10.1 Å². The number of pyridine rings is 2. The Balaban J connectivity index is 1.83. The van der Waals surface area contributed by atoms with Crippen molar-refractivity contribution in [3.05, 3.63) is 102 Å². The van der Waals surface area contributed by atoms with Crippen LogP contribution in [0.2, 0.25) is 0 Å². The van der Waals surface area contributed by atoms with Crippen LogP contribution >= 0.6 is 0 Å². The summed E-state index contributed by atoms with van der Waals surface area (Å²) in [7, 11) is 0. The van der Waals surface area contributed by atoms with Gasteiger partial charge in [0.2, 0.25) is 0 Å². The Labute approximate surface area is 182 Å². The van der Waals surface area contributed by atoms with Crippen LogP contribution in [-0.2, 0) is 0 Å². The van der Waals surface area contributed by atoms with E-state index in [1.165, 1.54) is 0 Å². The van der Waals surface area contributed by atoms with E-state index in [-0.39, 0.29) is 11.8 Å². The molecule has 0 fully saturated rings. The van der Waals surface area contributed by atoms with Gasteiger partial charge in [0.25, 0.3) is 0 Å². The van der Waals surface area contributed by atoms with Crippen LogP contribution in [0.3, 0.4) is 0 Å². The van der Waals surface area contributed by atoms with E-state index in [4.69, 9.17) is 4.74 Å². The van der Waals surface area contributed by atoms with Gasteiger partial charge in [0.15, 0.2) is 0 Å². The molecular formula is C26H25N3O2. The van der Waals surface area contributed by atoms with Gasteiger partial charge < -0.3 is 15.2 Å². The van der Waals surface area contributed by atoms with E-state index in [1.807, 2.05) is 74.5 Å². The van der Waals surface area contributed by atoms with Gasteiger partial charge in [-0.1, -0.05) is 43.0 Å². The summed E-state index contributed by atoms with van der Waals surface area (Å²) < 4.78 is 5.73. The molecule has 0 bridgehead atoms. The molecule has 2 aromatic heterocycles. The quantitative estimate of drug-likeness (QED) is 0.381. The van der Waals surface area contributed by atoms with Gasteiger partial charge in [0.05, 0.1) is 6.04 Å². The van der Waals surface area contributed by atoms with Crippen molar-refractivity contribution in [1.29, 1.82) is 0 Å².